The van der Waals surface area contributed by atoms with E-state index in [1.165, 1.54) is 12.3 Å². The number of hydrogen-bond acceptors (Lipinski definition) is 4. The summed E-state index contributed by atoms with van der Waals surface area (Å²) in [6, 6.07) is 22.5. The molecular formula is C25H19N2NaO4. The molecule has 0 bridgehead atoms. The van der Waals surface area contributed by atoms with Crippen molar-refractivity contribution in [1.82, 2.24) is 4.98 Å². The van der Waals surface area contributed by atoms with E-state index in [4.69, 9.17) is 0 Å². The summed E-state index contributed by atoms with van der Waals surface area (Å²) < 4.78 is 0. The molecule has 0 unspecified atom stereocenters. The Morgan fingerprint density at radius 2 is 1.50 bits per heavy atom. The summed E-state index contributed by atoms with van der Waals surface area (Å²) in [5.74, 6) is -1.54. The minimum absolute atomic E-state index is 0. The van der Waals surface area contributed by atoms with Crippen LogP contribution in [0.3, 0.4) is 0 Å². The van der Waals surface area contributed by atoms with Gasteiger partial charge in [-0.05, 0) is 47.0 Å². The molecule has 0 atom stereocenters. The van der Waals surface area contributed by atoms with Crippen LogP contribution >= 0.6 is 0 Å². The van der Waals surface area contributed by atoms with E-state index in [1.807, 2.05) is 30.3 Å². The third kappa shape index (κ3) is 5.23. The quantitative estimate of drug-likeness (QED) is 0.418. The number of amides is 1. The minimum Gasteiger partial charge on any atom is -1.00 e. The van der Waals surface area contributed by atoms with Gasteiger partial charge in [0.25, 0.3) is 5.91 Å². The molecule has 3 aromatic carbocycles. The molecule has 0 spiro atoms. The Morgan fingerprint density at radius 3 is 2.22 bits per heavy atom. The number of aromatic nitrogens is 1. The molecular weight excluding hydrogens is 415 g/mol. The van der Waals surface area contributed by atoms with Crippen LogP contribution in [0.5, 0.6) is 5.75 Å². The summed E-state index contributed by atoms with van der Waals surface area (Å²) in [5.41, 5.74) is 3.47. The van der Waals surface area contributed by atoms with Crippen LogP contribution in [0.1, 0.15) is 22.1 Å². The number of nitrogens with one attached hydrogen (secondary N) is 1. The number of pyridine rings is 1. The number of carboxylic acids is 1. The molecule has 1 heterocycles. The Balaban J connectivity index is 0.00000193. The fraction of sp³-hybridized carbons (Fsp3) is 0. The predicted molar refractivity (Wildman–Crippen MR) is 119 cm³/mol. The van der Waals surface area contributed by atoms with Gasteiger partial charge < -0.3 is 17.0 Å². The van der Waals surface area contributed by atoms with Gasteiger partial charge in [0.2, 0.25) is 0 Å². The number of nitrogens with zero attached hydrogens (tertiary/aromatic N) is 1. The van der Waals surface area contributed by atoms with Crippen LogP contribution in [0, 0.1) is 0 Å². The zero-order valence-corrected chi connectivity index (χ0v) is 19.3. The average molecular weight is 434 g/mol. The van der Waals surface area contributed by atoms with Gasteiger partial charge in [0.1, 0.15) is 5.75 Å². The number of hydrogen-bond donors (Lipinski definition) is 3. The van der Waals surface area contributed by atoms with Crippen LogP contribution in [0.2, 0.25) is 0 Å². The number of benzene rings is 3. The first-order valence-corrected chi connectivity index (χ1v) is 9.50. The molecule has 4 rings (SSSR count). The molecule has 0 fully saturated rings. The molecule has 7 heteroatoms. The van der Waals surface area contributed by atoms with Gasteiger partial charge in [-0.1, -0.05) is 48.5 Å². The number of rotatable bonds is 5. The Kier molecular flexibility index (Phi) is 7.43. The van der Waals surface area contributed by atoms with E-state index >= 15 is 0 Å². The number of anilines is 1. The molecule has 1 aromatic heterocycles. The molecule has 154 valence electrons. The summed E-state index contributed by atoms with van der Waals surface area (Å²) in [6.45, 7) is 0. The van der Waals surface area contributed by atoms with Crippen molar-refractivity contribution in [3.8, 4) is 28.0 Å². The smallest absolute Gasteiger partial charge is 1.00 e. The second-order valence-electron chi connectivity index (χ2n) is 6.90. The van der Waals surface area contributed by atoms with Gasteiger partial charge in [-0.2, -0.15) is 0 Å². The van der Waals surface area contributed by atoms with Crippen LogP contribution in [0.4, 0.5) is 5.69 Å². The molecule has 3 N–H and O–H groups in total. The van der Waals surface area contributed by atoms with Crippen molar-refractivity contribution in [2.24, 2.45) is 0 Å². The van der Waals surface area contributed by atoms with Crippen molar-refractivity contribution < 1.29 is 50.8 Å². The Bertz CT molecular complexity index is 1280. The Hall–Kier alpha value is -3.45. The number of phenolic OH excluding ortho intramolecular Hbond substituents is 1. The van der Waals surface area contributed by atoms with Crippen molar-refractivity contribution >= 4 is 17.6 Å². The maximum atomic E-state index is 12.9. The Labute approximate surface area is 208 Å². The molecule has 0 saturated heterocycles. The largest absolute Gasteiger partial charge is 1.00 e. The van der Waals surface area contributed by atoms with Gasteiger partial charge in [-0.15, -0.1) is 0 Å². The van der Waals surface area contributed by atoms with Crippen LogP contribution < -0.4 is 34.9 Å². The van der Waals surface area contributed by atoms with E-state index in [0.717, 1.165) is 11.1 Å². The summed E-state index contributed by atoms with van der Waals surface area (Å²) >= 11 is 0. The minimum atomic E-state index is -1.16. The second kappa shape index (κ2) is 10.2. The van der Waals surface area contributed by atoms with Gasteiger partial charge >= 0.3 is 35.5 Å². The second-order valence-corrected chi connectivity index (χ2v) is 6.90. The number of carbonyl (C=O) groups excluding carboxylic acids is 1. The molecule has 0 radical (unpaired) electrons. The monoisotopic (exact) mass is 434 g/mol. The fourth-order valence-corrected chi connectivity index (χ4v) is 3.25. The van der Waals surface area contributed by atoms with Crippen LogP contribution in [-0.2, 0) is 0 Å². The van der Waals surface area contributed by atoms with E-state index in [2.05, 4.69) is 10.3 Å². The zero-order valence-electron chi connectivity index (χ0n) is 18.3. The van der Waals surface area contributed by atoms with Gasteiger partial charge in [0, 0.05) is 18.0 Å². The van der Waals surface area contributed by atoms with E-state index in [1.54, 1.807) is 48.7 Å². The maximum Gasteiger partial charge on any atom is 1.00 e. The van der Waals surface area contributed by atoms with Gasteiger partial charge in [0.15, 0.2) is 0 Å². The third-order valence-corrected chi connectivity index (χ3v) is 4.79. The maximum absolute atomic E-state index is 12.9. The van der Waals surface area contributed by atoms with Crippen molar-refractivity contribution in [2.45, 2.75) is 0 Å². The molecule has 0 saturated carbocycles. The summed E-state index contributed by atoms with van der Waals surface area (Å²) in [5, 5.41) is 22.0. The number of carboxylic acid groups (broad SMARTS) is 1. The molecule has 0 aliphatic heterocycles. The van der Waals surface area contributed by atoms with Gasteiger partial charge in [-0.3, -0.25) is 9.78 Å². The molecule has 6 nitrogen and oxygen atoms in total. The van der Waals surface area contributed by atoms with Crippen LogP contribution in [-0.4, -0.2) is 27.1 Å². The molecule has 0 aliphatic carbocycles. The molecule has 1 amide bonds. The summed E-state index contributed by atoms with van der Waals surface area (Å²) in [6.07, 6.45) is 3.10. The van der Waals surface area contributed by atoms with Crippen molar-refractivity contribution in [2.75, 3.05) is 5.32 Å². The first-order chi connectivity index (χ1) is 15.0. The van der Waals surface area contributed by atoms with E-state index in [-0.39, 0.29) is 48.0 Å². The zero-order chi connectivity index (χ0) is 21.8. The van der Waals surface area contributed by atoms with Gasteiger partial charge in [0.05, 0.1) is 16.8 Å². The molecule has 0 aliphatic rings. The van der Waals surface area contributed by atoms with Crippen LogP contribution in [0.15, 0.2) is 91.3 Å². The normalized spacial score (nSPS) is 10.1. The van der Waals surface area contributed by atoms with Crippen molar-refractivity contribution in [3.05, 3.63) is 102 Å². The first kappa shape index (κ1) is 23.2. The third-order valence-electron chi connectivity index (χ3n) is 4.79. The van der Waals surface area contributed by atoms with E-state index in [0.29, 0.717) is 16.7 Å². The fourth-order valence-electron chi connectivity index (χ4n) is 3.25. The summed E-state index contributed by atoms with van der Waals surface area (Å²) in [7, 11) is 0. The van der Waals surface area contributed by atoms with Crippen molar-refractivity contribution in [3.63, 3.8) is 0 Å². The number of aromatic hydroxyl groups is 1. The van der Waals surface area contributed by atoms with Crippen LogP contribution in [0.25, 0.3) is 22.3 Å². The van der Waals surface area contributed by atoms with Crippen molar-refractivity contribution in [1.29, 1.82) is 0 Å². The van der Waals surface area contributed by atoms with E-state index < -0.39 is 11.9 Å². The van der Waals surface area contributed by atoms with Gasteiger partial charge in [-0.25, -0.2) is 4.79 Å². The molecule has 32 heavy (non-hydrogen) atoms. The number of phenols is 1. The number of aromatic carboxylic acids is 1. The predicted octanol–water partition coefficient (Wildman–Crippen LogP) is 2.19. The standard InChI is InChI=1S/C25H18N2O4.Na.H/c28-21-8-4-7-17(12-21)18-9-10-22(25(30)31)23(13-18)27-24(29)20-11-19(14-26-15-20)16-5-2-1-3-6-16;;/h1-15,28H,(H,27,29)(H,30,31);;/q;+1;-1. The molecule has 4 aromatic rings. The topological polar surface area (TPSA) is 99.5 Å². The number of carbonyl (C=O) groups is 2. The summed E-state index contributed by atoms with van der Waals surface area (Å²) in [4.78, 5) is 28.7. The average Bonchev–Trinajstić information content (AvgIpc) is 2.79. The first-order valence-electron chi connectivity index (χ1n) is 9.50. The SMILES string of the molecule is O=C(Nc1cc(-c2cccc(O)c2)ccc1C(=O)O)c1cncc(-c2ccccc2)c1.[H-].[Na+]. The Morgan fingerprint density at radius 1 is 0.781 bits per heavy atom. The van der Waals surface area contributed by atoms with E-state index in [9.17, 15) is 19.8 Å².